The van der Waals surface area contributed by atoms with E-state index in [0.717, 1.165) is 11.1 Å². The predicted octanol–water partition coefficient (Wildman–Crippen LogP) is 5.60. The first kappa shape index (κ1) is 21.7. The summed E-state index contributed by atoms with van der Waals surface area (Å²) in [5.74, 6) is -1.61. The number of anilines is 1. The molecule has 1 amide bonds. The minimum atomic E-state index is -0.857. The van der Waals surface area contributed by atoms with Gasteiger partial charge in [-0.3, -0.25) is 19.5 Å². The number of aromatic nitrogens is 2. The number of hydrogen-bond donors (Lipinski definition) is 1. The number of hydrogen-bond acceptors (Lipinski definition) is 6. The first-order valence-corrected chi connectivity index (χ1v) is 11.6. The van der Waals surface area contributed by atoms with Gasteiger partial charge < -0.3 is 5.11 Å². The van der Waals surface area contributed by atoms with Crippen molar-refractivity contribution >= 4 is 28.7 Å². The van der Waals surface area contributed by atoms with Crippen LogP contribution in [0.1, 0.15) is 32.7 Å². The van der Waals surface area contributed by atoms with Crippen LogP contribution in [0.15, 0.2) is 90.3 Å². The number of rotatable bonds is 5. The summed E-state index contributed by atoms with van der Waals surface area (Å²) in [5, 5.41) is 11.7. The van der Waals surface area contributed by atoms with E-state index in [0.29, 0.717) is 27.0 Å². The molecule has 1 aliphatic heterocycles. The van der Waals surface area contributed by atoms with Crippen molar-refractivity contribution in [3.63, 3.8) is 0 Å². The van der Waals surface area contributed by atoms with Crippen LogP contribution in [-0.2, 0) is 4.79 Å². The summed E-state index contributed by atoms with van der Waals surface area (Å²) in [6.45, 7) is 3.65. The maximum Gasteiger partial charge on any atom is 0.294 e. The Morgan fingerprint density at radius 3 is 2.38 bits per heavy atom. The molecule has 4 aromatic rings. The third-order valence-corrected chi connectivity index (χ3v) is 7.02. The van der Waals surface area contributed by atoms with Gasteiger partial charge in [0.15, 0.2) is 5.76 Å². The van der Waals surface area contributed by atoms with Gasteiger partial charge in [0.25, 0.3) is 5.91 Å². The van der Waals surface area contributed by atoms with E-state index in [1.54, 1.807) is 37.4 Å². The summed E-state index contributed by atoms with van der Waals surface area (Å²) in [4.78, 5) is 38.0. The van der Waals surface area contributed by atoms with Gasteiger partial charge >= 0.3 is 0 Å². The zero-order valence-corrected chi connectivity index (χ0v) is 19.4. The minimum Gasteiger partial charge on any atom is -0.503 e. The third kappa shape index (κ3) is 3.60. The maximum atomic E-state index is 13.9. The Labute approximate surface area is 200 Å². The number of pyridine rings is 1. The molecule has 2 aromatic heterocycles. The Bertz CT molecular complexity index is 1430. The lowest BCUT2D eigenvalue weighted by atomic mass is 9.98. The Kier molecular flexibility index (Phi) is 5.55. The van der Waals surface area contributed by atoms with Crippen LogP contribution in [-0.4, -0.2) is 26.8 Å². The largest absolute Gasteiger partial charge is 0.503 e. The lowest BCUT2D eigenvalue weighted by Gasteiger charge is -2.27. The number of aliphatic hydroxyl groups excluding tert-OH is 1. The molecule has 6 nitrogen and oxygen atoms in total. The fourth-order valence-corrected chi connectivity index (χ4v) is 5.20. The first-order valence-electron chi connectivity index (χ1n) is 10.8. The predicted molar refractivity (Wildman–Crippen MR) is 132 cm³/mol. The molecule has 1 atom stereocenters. The molecule has 0 spiro atoms. The Morgan fingerprint density at radius 2 is 1.68 bits per heavy atom. The molecular weight excluding hydrogens is 446 g/mol. The molecule has 168 valence electrons. The van der Waals surface area contributed by atoms with Crippen molar-refractivity contribution in [2.75, 3.05) is 4.90 Å². The molecule has 0 bridgehead atoms. The monoisotopic (exact) mass is 467 g/mol. The molecule has 1 aliphatic rings. The summed E-state index contributed by atoms with van der Waals surface area (Å²) >= 11 is 1.25. The number of ketones is 1. The smallest absolute Gasteiger partial charge is 0.294 e. The van der Waals surface area contributed by atoms with Gasteiger partial charge in [0.05, 0.1) is 21.8 Å². The van der Waals surface area contributed by atoms with Crippen molar-refractivity contribution in [1.29, 1.82) is 0 Å². The van der Waals surface area contributed by atoms with Gasteiger partial charge in [-0.25, -0.2) is 4.98 Å². The third-order valence-electron chi connectivity index (χ3n) is 5.82. The summed E-state index contributed by atoms with van der Waals surface area (Å²) in [7, 11) is 0. The number of nitrogens with zero attached hydrogens (tertiary/aromatic N) is 3. The molecule has 0 fully saturated rings. The van der Waals surface area contributed by atoms with Crippen molar-refractivity contribution < 1.29 is 14.7 Å². The van der Waals surface area contributed by atoms with Crippen LogP contribution < -0.4 is 4.90 Å². The normalized spacial score (nSPS) is 15.8. The average molecular weight is 468 g/mol. The number of carbonyl (C=O) groups excluding carboxylic acids is 2. The second kappa shape index (κ2) is 8.68. The first-order chi connectivity index (χ1) is 16.5. The van der Waals surface area contributed by atoms with E-state index in [9.17, 15) is 14.7 Å². The molecule has 2 aromatic carbocycles. The highest BCUT2D eigenvalue weighted by atomic mass is 32.1. The topological polar surface area (TPSA) is 83.4 Å². The molecule has 5 rings (SSSR count). The molecule has 0 saturated carbocycles. The fraction of sp³-hybridized carbons (Fsp3) is 0.111. The minimum absolute atomic E-state index is 0.0123. The SMILES string of the molecule is Cc1ccccc1N1C(=O)C(O)=C(C(=O)c2sc(-c3ccccc3)nc2C)C1c1ccccn1. The quantitative estimate of drug-likeness (QED) is 0.386. The fourth-order valence-electron chi connectivity index (χ4n) is 4.17. The Morgan fingerprint density at radius 1 is 0.971 bits per heavy atom. The molecule has 0 radical (unpaired) electrons. The van der Waals surface area contributed by atoms with Crippen LogP contribution >= 0.6 is 11.3 Å². The van der Waals surface area contributed by atoms with Crippen molar-refractivity contribution in [3.05, 3.63) is 112 Å². The number of aliphatic hydroxyl groups is 1. The molecule has 1 unspecified atom stereocenters. The molecule has 0 saturated heterocycles. The van der Waals surface area contributed by atoms with E-state index in [2.05, 4.69) is 9.97 Å². The number of carbonyl (C=O) groups is 2. The van der Waals surface area contributed by atoms with Gasteiger partial charge in [-0.05, 0) is 37.6 Å². The van der Waals surface area contributed by atoms with E-state index in [1.807, 2.05) is 55.5 Å². The van der Waals surface area contributed by atoms with Gasteiger partial charge in [-0.1, -0.05) is 54.6 Å². The number of para-hydroxylation sites is 1. The number of benzene rings is 2. The van der Waals surface area contributed by atoms with E-state index in [4.69, 9.17) is 0 Å². The zero-order chi connectivity index (χ0) is 23.8. The zero-order valence-electron chi connectivity index (χ0n) is 18.6. The molecule has 3 heterocycles. The second-order valence-corrected chi connectivity index (χ2v) is 9.01. The number of thiazole rings is 1. The second-order valence-electron chi connectivity index (χ2n) is 8.01. The van der Waals surface area contributed by atoms with E-state index < -0.39 is 23.5 Å². The lowest BCUT2D eigenvalue weighted by molar-refractivity contribution is -0.117. The van der Waals surface area contributed by atoms with Gasteiger partial charge in [-0.15, -0.1) is 11.3 Å². The van der Waals surface area contributed by atoms with Crippen LogP contribution in [0, 0.1) is 13.8 Å². The van der Waals surface area contributed by atoms with Crippen molar-refractivity contribution in [2.24, 2.45) is 0 Å². The van der Waals surface area contributed by atoms with E-state index >= 15 is 0 Å². The van der Waals surface area contributed by atoms with Crippen LogP contribution in [0.3, 0.4) is 0 Å². The highest BCUT2D eigenvalue weighted by molar-refractivity contribution is 7.17. The molecule has 34 heavy (non-hydrogen) atoms. The van der Waals surface area contributed by atoms with Gasteiger partial charge in [-0.2, -0.15) is 0 Å². The highest BCUT2D eigenvalue weighted by Gasteiger charge is 2.46. The number of aryl methyl sites for hydroxylation is 2. The summed E-state index contributed by atoms with van der Waals surface area (Å²) in [6, 6.07) is 21.4. The molecule has 0 aliphatic carbocycles. The van der Waals surface area contributed by atoms with Gasteiger partial charge in [0.1, 0.15) is 11.0 Å². The lowest BCUT2D eigenvalue weighted by Crippen LogP contribution is -2.32. The van der Waals surface area contributed by atoms with E-state index in [-0.39, 0.29) is 5.57 Å². The average Bonchev–Trinajstić information content (AvgIpc) is 3.38. The van der Waals surface area contributed by atoms with Crippen LogP contribution in [0.4, 0.5) is 5.69 Å². The number of amides is 1. The highest BCUT2D eigenvalue weighted by Crippen LogP contribution is 2.43. The molecule has 1 N–H and O–H groups in total. The van der Waals surface area contributed by atoms with E-state index in [1.165, 1.54) is 16.2 Å². The Balaban J connectivity index is 1.64. The summed E-state index contributed by atoms with van der Waals surface area (Å²) in [5.41, 5.74) is 3.42. The van der Waals surface area contributed by atoms with Crippen LogP contribution in [0.5, 0.6) is 0 Å². The molecular formula is C27H21N3O3S. The van der Waals surface area contributed by atoms with Crippen LogP contribution in [0.25, 0.3) is 10.6 Å². The standard InChI is InChI=1S/C27H21N3O3S/c1-16-10-6-7-14-20(16)30-22(19-13-8-9-15-28-19)21(24(32)27(30)33)23(31)25-17(2)29-26(34-25)18-11-4-3-5-12-18/h3-15,22,32H,1-2H3. The van der Waals surface area contributed by atoms with Crippen LogP contribution in [0.2, 0.25) is 0 Å². The Hall–Kier alpha value is -4.10. The van der Waals surface area contributed by atoms with Crippen molar-refractivity contribution in [1.82, 2.24) is 9.97 Å². The maximum absolute atomic E-state index is 13.9. The van der Waals surface area contributed by atoms with Crippen molar-refractivity contribution in [3.8, 4) is 10.6 Å². The molecule has 7 heteroatoms. The summed E-state index contributed by atoms with van der Waals surface area (Å²) in [6.07, 6.45) is 1.61. The number of Topliss-reactive ketones (excluding diaryl/α,β-unsaturated/α-hetero) is 1. The van der Waals surface area contributed by atoms with Gasteiger partial charge in [0.2, 0.25) is 5.78 Å². The van der Waals surface area contributed by atoms with Crippen molar-refractivity contribution in [2.45, 2.75) is 19.9 Å². The van der Waals surface area contributed by atoms with Gasteiger partial charge in [0, 0.05) is 17.4 Å². The summed E-state index contributed by atoms with van der Waals surface area (Å²) < 4.78 is 0.